The SMILES string of the molecule is CC(C)c1ccc(O[P@](C)(=O)NN2CCN(c3ccc([N+](=O)[O-])cc3)CC2)cc1. The molecule has 1 atom stereocenters. The lowest BCUT2D eigenvalue weighted by atomic mass is 10.0. The molecule has 0 saturated carbocycles. The maximum absolute atomic E-state index is 12.9. The van der Waals surface area contributed by atoms with Crippen LogP contribution in [0.15, 0.2) is 48.5 Å². The number of nitrogens with one attached hydrogen (secondary N) is 1. The van der Waals surface area contributed by atoms with Crippen LogP contribution in [0.2, 0.25) is 0 Å². The minimum Gasteiger partial charge on any atom is -0.432 e. The van der Waals surface area contributed by atoms with Gasteiger partial charge in [0.25, 0.3) is 5.69 Å². The molecule has 0 bridgehead atoms. The van der Waals surface area contributed by atoms with Crippen LogP contribution in [0.25, 0.3) is 0 Å². The minimum atomic E-state index is -3.05. The highest BCUT2D eigenvalue weighted by molar-refractivity contribution is 7.56. The first kappa shape index (κ1) is 21.3. The molecule has 156 valence electrons. The Hall–Kier alpha value is -2.41. The van der Waals surface area contributed by atoms with Crippen molar-refractivity contribution < 1.29 is 14.0 Å². The van der Waals surface area contributed by atoms with Gasteiger partial charge in [0.1, 0.15) is 5.75 Å². The molecule has 3 rings (SSSR count). The molecule has 2 aromatic rings. The average molecular weight is 418 g/mol. The fraction of sp³-hybridized carbons (Fsp3) is 0.400. The Balaban J connectivity index is 1.52. The molecular formula is C20H27N4O4P. The summed E-state index contributed by atoms with van der Waals surface area (Å²) in [5.41, 5.74) is 2.23. The fourth-order valence-electron chi connectivity index (χ4n) is 3.24. The molecule has 1 aliphatic rings. The van der Waals surface area contributed by atoms with Crippen LogP contribution in [-0.2, 0) is 4.57 Å². The lowest BCUT2D eigenvalue weighted by Gasteiger charge is -2.37. The summed E-state index contributed by atoms with van der Waals surface area (Å²) in [6.07, 6.45) is 0. The van der Waals surface area contributed by atoms with Gasteiger partial charge in [-0.15, -0.1) is 0 Å². The van der Waals surface area contributed by atoms with Gasteiger partial charge < -0.3 is 9.42 Å². The number of non-ortho nitro benzene ring substituents is 1. The van der Waals surface area contributed by atoms with E-state index in [-0.39, 0.29) is 5.69 Å². The molecule has 8 nitrogen and oxygen atoms in total. The van der Waals surface area contributed by atoms with Crippen LogP contribution in [0.1, 0.15) is 25.3 Å². The second-order valence-electron chi connectivity index (χ2n) is 7.51. The first-order chi connectivity index (χ1) is 13.7. The summed E-state index contributed by atoms with van der Waals surface area (Å²) in [7, 11) is -3.05. The van der Waals surface area contributed by atoms with E-state index in [1.54, 1.807) is 18.8 Å². The summed E-state index contributed by atoms with van der Waals surface area (Å²) in [6.45, 7) is 8.57. The third-order valence-corrected chi connectivity index (χ3v) is 6.06. The maximum Gasteiger partial charge on any atom is 0.326 e. The van der Waals surface area contributed by atoms with Gasteiger partial charge in [0.15, 0.2) is 0 Å². The lowest BCUT2D eigenvalue weighted by Crippen LogP contribution is -2.51. The molecule has 1 aliphatic heterocycles. The molecule has 0 spiro atoms. The van der Waals surface area contributed by atoms with Crippen molar-refractivity contribution >= 4 is 18.9 Å². The normalized spacial score (nSPS) is 17.2. The zero-order chi connectivity index (χ0) is 21.0. The summed E-state index contributed by atoms with van der Waals surface area (Å²) in [4.78, 5) is 12.5. The maximum atomic E-state index is 12.9. The van der Waals surface area contributed by atoms with Gasteiger partial charge in [0.2, 0.25) is 0 Å². The van der Waals surface area contributed by atoms with Crippen LogP contribution >= 0.6 is 7.52 Å². The molecular weight excluding hydrogens is 391 g/mol. The topological polar surface area (TPSA) is 88.0 Å². The predicted molar refractivity (Wildman–Crippen MR) is 115 cm³/mol. The Labute approximate surface area is 171 Å². The van der Waals surface area contributed by atoms with Gasteiger partial charge in [-0.25, -0.2) is 5.01 Å². The number of benzene rings is 2. The number of piperazine rings is 1. The monoisotopic (exact) mass is 418 g/mol. The van der Waals surface area contributed by atoms with E-state index in [1.807, 2.05) is 29.3 Å². The van der Waals surface area contributed by atoms with E-state index in [9.17, 15) is 14.7 Å². The van der Waals surface area contributed by atoms with E-state index in [0.29, 0.717) is 37.8 Å². The highest BCUT2D eigenvalue weighted by Gasteiger charge is 2.25. The first-order valence-electron chi connectivity index (χ1n) is 9.63. The van der Waals surface area contributed by atoms with Crippen molar-refractivity contribution in [1.82, 2.24) is 10.2 Å². The number of hydrogen-bond acceptors (Lipinski definition) is 6. The molecule has 0 unspecified atom stereocenters. The smallest absolute Gasteiger partial charge is 0.326 e. The molecule has 1 N–H and O–H groups in total. The molecule has 0 amide bonds. The van der Waals surface area contributed by atoms with Crippen LogP contribution < -0.4 is 14.6 Å². The van der Waals surface area contributed by atoms with Gasteiger partial charge >= 0.3 is 7.52 Å². The fourth-order valence-corrected chi connectivity index (χ4v) is 4.52. The summed E-state index contributed by atoms with van der Waals surface area (Å²) in [5.74, 6) is 1.01. The van der Waals surface area contributed by atoms with Gasteiger partial charge in [-0.05, 0) is 35.7 Å². The van der Waals surface area contributed by atoms with E-state index >= 15 is 0 Å². The molecule has 1 heterocycles. The number of nitrogens with zero attached hydrogens (tertiary/aromatic N) is 3. The van der Waals surface area contributed by atoms with Gasteiger partial charge in [-0.2, -0.15) is 5.20 Å². The zero-order valence-electron chi connectivity index (χ0n) is 16.9. The Kier molecular flexibility index (Phi) is 6.57. The van der Waals surface area contributed by atoms with Crippen LogP contribution in [0, 0.1) is 10.1 Å². The molecule has 0 aliphatic carbocycles. The summed E-state index contributed by atoms with van der Waals surface area (Å²) in [6, 6.07) is 14.2. The second-order valence-corrected chi connectivity index (χ2v) is 9.58. The Morgan fingerprint density at radius 1 is 1.03 bits per heavy atom. The number of rotatable bonds is 7. The third-order valence-electron chi connectivity index (χ3n) is 4.85. The van der Waals surface area contributed by atoms with Gasteiger partial charge in [-0.1, -0.05) is 26.0 Å². The lowest BCUT2D eigenvalue weighted by molar-refractivity contribution is -0.384. The van der Waals surface area contributed by atoms with Crippen molar-refractivity contribution in [2.24, 2.45) is 0 Å². The zero-order valence-corrected chi connectivity index (χ0v) is 17.8. The van der Waals surface area contributed by atoms with Crippen molar-refractivity contribution in [3.8, 4) is 5.75 Å². The summed E-state index contributed by atoms with van der Waals surface area (Å²) >= 11 is 0. The van der Waals surface area contributed by atoms with Crippen molar-refractivity contribution in [2.75, 3.05) is 37.7 Å². The van der Waals surface area contributed by atoms with Crippen molar-refractivity contribution in [2.45, 2.75) is 19.8 Å². The predicted octanol–water partition coefficient (Wildman–Crippen LogP) is 4.25. The number of hydrogen-bond donors (Lipinski definition) is 1. The average Bonchev–Trinajstić information content (AvgIpc) is 2.68. The quantitative estimate of drug-likeness (QED) is 0.409. The number of nitro groups is 1. The van der Waals surface area contributed by atoms with E-state index in [0.717, 1.165) is 5.69 Å². The van der Waals surface area contributed by atoms with Gasteiger partial charge in [-0.3, -0.25) is 14.7 Å². The highest BCUT2D eigenvalue weighted by Crippen LogP contribution is 2.39. The molecule has 1 fully saturated rings. The molecule has 0 radical (unpaired) electrons. The number of hydrazine groups is 1. The highest BCUT2D eigenvalue weighted by atomic mass is 31.2. The molecule has 29 heavy (non-hydrogen) atoms. The Morgan fingerprint density at radius 2 is 1.62 bits per heavy atom. The summed E-state index contributed by atoms with van der Waals surface area (Å²) < 4.78 is 18.6. The van der Waals surface area contributed by atoms with Crippen molar-refractivity contribution in [3.05, 3.63) is 64.2 Å². The molecule has 1 saturated heterocycles. The molecule has 0 aromatic heterocycles. The number of anilines is 1. The van der Waals surface area contributed by atoms with Crippen molar-refractivity contribution in [1.29, 1.82) is 0 Å². The Bertz CT molecular complexity index is 878. The van der Waals surface area contributed by atoms with Crippen LogP contribution in [0.5, 0.6) is 5.75 Å². The van der Waals surface area contributed by atoms with Crippen LogP contribution in [0.3, 0.4) is 0 Å². The first-order valence-corrected chi connectivity index (χ1v) is 11.7. The van der Waals surface area contributed by atoms with E-state index in [4.69, 9.17) is 4.52 Å². The summed E-state index contributed by atoms with van der Waals surface area (Å²) in [5, 5.41) is 15.7. The van der Waals surface area contributed by atoms with Crippen LogP contribution in [-0.4, -0.2) is 42.8 Å². The second kappa shape index (κ2) is 8.95. The standard InChI is InChI=1S/C20H27N4O4P/c1-16(2)17-4-10-20(11-5-17)28-29(3,27)21-23-14-12-22(13-15-23)18-6-8-19(9-7-18)24(25)26/h4-11,16H,12-15H2,1-3H3,(H,21,27)/t29-/m0/s1. The molecule has 2 aromatic carbocycles. The minimum absolute atomic E-state index is 0.0829. The van der Waals surface area contributed by atoms with Gasteiger partial charge in [0, 0.05) is 50.7 Å². The number of nitro benzene ring substituents is 1. The van der Waals surface area contributed by atoms with Gasteiger partial charge in [0.05, 0.1) is 4.92 Å². The van der Waals surface area contributed by atoms with Crippen LogP contribution in [0.4, 0.5) is 11.4 Å². The largest absolute Gasteiger partial charge is 0.432 e. The van der Waals surface area contributed by atoms with Crippen molar-refractivity contribution in [3.63, 3.8) is 0 Å². The van der Waals surface area contributed by atoms with E-state index < -0.39 is 12.4 Å². The third kappa shape index (κ3) is 5.79. The molecule has 9 heteroatoms. The van der Waals surface area contributed by atoms with E-state index in [2.05, 4.69) is 23.9 Å². The van der Waals surface area contributed by atoms with E-state index in [1.165, 1.54) is 17.7 Å². The Morgan fingerprint density at radius 3 is 2.14 bits per heavy atom.